The molecule has 1 aromatic heterocycles. The number of carbonyl (C=O) groups is 1. The fraction of sp³-hybridized carbons (Fsp3) is 0.714. The van der Waals surface area contributed by atoms with Gasteiger partial charge in [-0.25, -0.2) is 12.7 Å². The molecule has 9 heteroatoms. The highest BCUT2D eigenvalue weighted by Crippen LogP contribution is 2.18. The lowest BCUT2D eigenvalue weighted by atomic mass is 10.1. The van der Waals surface area contributed by atoms with Crippen LogP contribution in [0, 0.1) is 19.8 Å². The summed E-state index contributed by atoms with van der Waals surface area (Å²) in [6.07, 6.45) is 0.220. The van der Waals surface area contributed by atoms with E-state index in [0.717, 1.165) is 17.0 Å². The first-order chi connectivity index (χ1) is 10.7. The zero-order valence-electron chi connectivity index (χ0n) is 13.9. The number of carbonyl (C=O) groups excluding carboxylic acids is 1. The van der Waals surface area contributed by atoms with Crippen LogP contribution >= 0.6 is 0 Å². The summed E-state index contributed by atoms with van der Waals surface area (Å²) < 4.78 is 30.6. The van der Waals surface area contributed by atoms with Crippen molar-refractivity contribution in [2.45, 2.75) is 26.3 Å². The van der Waals surface area contributed by atoms with Crippen LogP contribution in [-0.2, 0) is 26.0 Å². The number of amides is 1. The molecule has 2 rings (SSSR count). The Morgan fingerprint density at radius 1 is 1.39 bits per heavy atom. The van der Waals surface area contributed by atoms with E-state index in [4.69, 9.17) is 4.74 Å². The molecule has 0 spiro atoms. The Hall–Kier alpha value is -1.45. The van der Waals surface area contributed by atoms with E-state index in [1.165, 1.54) is 18.4 Å². The maximum Gasteiger partial charge on any atom is 0.224 e. The minimum atomic E-state index is -3.33. The van der Waals surface area contributed by atoms with Crippen molar-refractivity contribution in [3.05, 3.63) is 17.0 Å². The summed E-state index contributed by atoms with van der Waals surface area (Å²) in [6, 6.07) is -0.287. The molecule has 1 fully saturated rings. The van der Waals surface area contributed by atoms with Crippen molar-refractivity contribution < 1.29 is 17.9 Å². The molecular formula is C14H24N4O4S. The second-order valence-electron chi connectivity index (χ2n) is 6.12. The molecule has 2 atom stereocenters. The fourth-order valence-electron chi connectivity index (χ4n) is 2.59. The van der Waals surface area contributed by atoms with Gasteiger partial charge in [-0.2, -0.15) is 5.10 Å². The Morgan fingerprint density at radius 3 is 2.65 bits per heavy atom. The molecule has 1 aromatic rings. The average molecular weight is 344 g/mol. The highest BCUT2D eigenvalue weighted by Gasteiger charge is 2.34. The molecule has 130 valence electrons. The van der Waals surface area contributed by atoms with Crippen molar-refractivity contribution in [3.63, 3.8) is 0 Å². The zero-order valence-corrected chi connectivity index (χ0v) is 14.7. The molecule has 0 unspecified atom stereocenters. The molecule has 2 N–H and O–H groups in total. The molecule has 0 aromatic carbocycles. The van der Waals surface area contributed by atoms with Crippen LogP contribution < -0.4 is 5.32 Å². The summed E-state index contributed by atoms with van der Waals surface area (Å²) in [4.78, 5) is 12.2. The summed E-state index contributed by atoms with van der Waals surface area (Å²) in [6.45, 7) is 4.38. The van der Waals surface area contributed by atoms with Crippen LogP contribution in [0.4, 0.5) is 0 Å². The minimum Gasteiger partial charge on any atom is -0.379 e. The number of sulfonamides is 1. The average Bonchev–Trinajstić information content (AvgIpc) is 3.00. The van der Waals surface area contributed by atoms with E-state index in [-0.39, 0.29) is 30.0 Å². The molecule has 2 heterocycles. The maximum atomic E-state index is 12.2. The van der Waals surface area contributed by atoms with Gasteiger partial charge in [0.1, 0.15) is 0 Å². The van der Waals surface area contributed by atoms with Crippen molar-refractivity contribution in [1.82, 2.24) is 19.8 Å². The van der Waals surface area contributed by atoms with Crippen LogP contribution in [-0.4, -0.2) is 67.9 Å². The number of hydrogen-bond donors (Lipinski definition) is 2. The third-order valence-electron chi connectivity index (χ3n) is 4.14. The molecule has 23 heavy (non-hydrogen) atoms. The first-order valence-electron chi connectivity index (χ1n) is 7.48. The fourth-order valence-corrected chi connectivity index (χ4v) is 3.76. The molecular weight excluding hydrogens is 320 g/mol. The Morgan fingerprint density at radius 2 is 2.09 bits per heavy atom. The predicted octanol–water partition coefficient (Wildman–Crippen LogP) is -0.408. The van der Waals surface area contributed by atoms with Gasteiger partial charge in [-0.1, -0.05) is 0 Å². The summed E-state index contributed by atoms with van der Waals surface area (Å²) >= 11 is 0. The normalized spacial score (nSPS) is 21.8. The van der Waals surface area contributed by atoms with Gasteiger partial charge in [0.2, 0.25) is 15.9 Å². The maximum absolute atomic E-state index is 12.2. The first kappa shape index (κ1) is 17.9. The van der Waals surface area contributed by atoms with Gasteiger partial charge >= 0.3 is 0 Å². The Labute approximate surface area is 136 Å². The number of hydrogen-bond acceptors (Lipinski definition) is 5. The molecule has 1 aliphatic rings. The largest absolute Gasteiger partial charge is 0.379 e. The van der Waals surface area contributed by atoms with Crippen LogP contribution in [0.3, 0.4) is 0 Å². The van der Waals surface area contributed by atoms with Gasteiger partial charge in [-0.15, -0.1) is 0 Å². The highest BCUT2D eigenvalue weighted by atomic mass is 32.2. The monoisotopic (exact) mass is 344 g/mol. The minimum absolute atomic E-state index is 0.0330. The van der Waals surface area contributed by atoms with Crippen LogP contribution in [0.5, 0.6) is 0 Å². The van der Waals surface area contributed by atoms with E-state index in [9.17, 15) is 13.2 Å². The van der Waals surface area contributed by atoms with Gasteiger partial charge in [0, 0.05) is 31.3 Å². The van der Waals surface area contributed by atoms with E-state index >= 15 is 0 Å². The molecule has 1 saturated heterocycles. The van der Waals surface area contributed by atoms with Crippen molar-refractivity contribution in [3.8, 4) is 0 Å². The number of ether oxygens (including phenoxy) is 1. The number of rotatable bonds is 6. The van der Waals surface area contributed by atoms with Gasteiger partial charge in [0.05, 0.1) is 37.1 Å². The lowest BCUT2D eigenvalue weighted by Crippen LogP contribution is -2.44. The van der Waals surface area contributed by atoms with Crippen molar-refractivity contribution >= 4 is 15.9 Å². The van der Waals surface area contributed by atoms with E-state index in [1.807, 2.05) is 13.8 Å². The Bertz CT molecular complexity index is 649. The van der Waals surface area contributed by atoms with Gasteiger partial charge < -0.3 is 10.1 Å². The van der Waals surface area contributed by atoms with E-state index in [1.54, 1.807) is 0 Å². The summed E-state index contributed by atoms with van der Waals surface area (Å²) in [7, 11) is -0.320. The second kappa shape index (κ2) is 6.98. The molecule has 0 saturated carbocycles. The molecule has 0 radical (unpaired) electrons. The van der Waals surface area contributed by atoms with Gasteiger partial charge in [0.25, 0.3) is 0 Å². The smallest absolute Gasteiger partial charge is 0.224 e. The molecule has 0 aliphatic carbocycles. The van der Waals surface area contributed by atoms with Crippen molar-refractivity contribution in [2.24, 2.45) is 5.92 Å². The summed E-state index contributed by atoms with van der Waals surface area (Å²) in [5.74, 6) is -0.424. The van der Waals surface area contributed by atoms with E-state index in [2.05, 4.69) is 15.5 Å². The van der Waals surface area contributed by atoms with Crippen molar-refractivity contribution in [2.75, 3.05) is 33.1 Å². The standard InChI is InChI=1S/C14H24N4O4S/c1-9-12(10(2)17-16-9)5-14(19)15-13-7-22-6-11(13)8-23(20,21)18(3)4/h11,13H,5-8H2,1-4H3,(H,15,19)(H,16,17)/t11-,13+/m0/s1. The second-order valence-corrected chi connectivity index (χ2v) is 8.35. The quantitative estimate of drug-likeness (QED) is 0.730. The van der Waals surface area contributed by atoms with Crippen LogP contribution in [0.25, 0.3) is 0 Å². The van der Waals surface area contributed by atoms with Crippen LogP contribution in [0.15, 0.2) is 0 Å². The number of nitrogens with one attached hydrogen (secondary N) is 2. The third-order valence-corrected chi connectivity index (χ3v) is 6.11. The number of H-pyrrole nitrogens is 1. The summed E-state index contributed by atoms with van der Waals surface area (Å²) in [5.41, 5.74) is 2.54. The zero-order chi connectivity index (χ0) is 17.2. The molecule has 0 bridgehead atoms. The molecule has 1 aliphatic heterocycles. The SMILES string of the molecule is Cc1n[nH]c(C)c1CC(=O)N[C@@H]1COC[C@H]1CS(=O)(=O)N(C)C. The number of nitrogens with zero attached hydrogens (tertiary/aromatic N) is 2. The lowest BCUT2D eigenvalue weighted by molar-refractivity contribution is -0.121. The Balaban J connectivity index is 1.97. The van der Waals surface area contributed by atoms with Crippen molar-refractivity contribution in [1.29, 1.82) is 0 Å². The van der Waals surface area contributed by atoms with E-state index in [0.29, 0.717) is 13.2 Å². The summed E-state index contributed by atoms with van der Waals surface area (Å²) in [5, 5.41) is 9.81. The highest BCUT2D eigenvalue weighted by molar-refractivity contribution is 7.89. The van der Waals surface area contributed by atoms with Crippen LogP contribution in [0.2, 0.25) is 0 Å². The lowest BCUT2D eigenvalue weighted by Gasteiger charge is -2.21. The van der Waals surface area contributed by atoms with Gasteiger partial charge in [0.15, 0.2) is 0 Å². The molecule has 8 nitrogen and oxygen atoms in total. The van der Waals surface area contributed by atoms with E-state index < -0.39 is 10.0 Å². The Kier molecular flexibility index (Phi) is 5.43. The molecule has 1 amide bonds. The number of aryl methyl sites for hydroxylation is 2. The first-order valence-corrected chi connectivity index (χ1v) is 9.09. The topological polar surface area (TPSA) is 104 Å². The van der Waals surface area contributed by atoms with Crippen LogP contribution in [0.1, 0.15) is 17.0 Å². The predicted molar refractivity (Wildman–Crippen MR) is 85.5 cm³/mol. The van der Waals surface area contributed by atoms with Gasteiger partial charge in [-0.3, -0.25) is 9.89 Å². The number of aromatic amines is 1. The third kappa shape index (κ3) is 4.30. The number of aromatic nitrogens is 2. The van der Waals surface area contributed by atoms with Gasteiger partial charge in [-0.05, 0) is 13.8 Å².